The summed E-state index contributed by atoms with van der Waals surface area (Å²) in [6, 6.07) is 8.48. The minimum Gasteiger partial charge on any atom is -0.459 e. The Kier molecular flexibility index (Phi) is 4.80. The summed E-state index contributed by atoms with van der Waals surface area (Å²) in [5, 5.41) is 10.6. The monoisotopic (exact) mass is 360 g/mol. The van der Waals surface area contributed by atoms with Crippen molar-refractivity contribution in [2.75, 3.05) is 6.61 Å². The van der Waals surface area contributed by atoms with Gasteiger partial charge < -0.3 is 14.6 Å². The molecule has 1 fully saturated rings. The van der Waals surface area contributed by atoms with Gasteiger partial charge in [0.25, 0.3) is 5.56 Å². The molecule has 8 heteroatoms. The van der Waals surface area contributed by atoms with Gasteiger partial charge in [-0.3, -0.25) is 14.3 Å². The first-order valence-electron chi connectivity index (χ1n) is 8.20. The van der Waals surface area contributed by atoms with Gasteiger partial charge in [-0.05, 0) is 26.0 Å². The molecule has 1 aromatic carbocycles. The number of rotatable bonds is 4. The van der Waals surface area contributed by atoms with Gasteiger partial charge in [0.05, 0.1) is 11.2 Å². The number of carbonyl (C=O) groups excluding carboxylic acids is 1. The van der Waals surface area contributed by atoms with Crippen LogP contribution in [0.25, 0.3) is 0 Å². The number of nitrogens with one attached hydrogen (secondary N) is 1. The molecule has 138 valence electrons. The molecule has 0 amide bonds. The van der Waals surface area contributed by atoms with Gasteiger partial charge in [-0.1, -0.05) is 18.2 Å². The van der Waals surface area contributed by atoms with Crippen LogP contribution >= 0.6 is 0 Å². The average Bonchev–Trinajstić information content (AvgIpc) is 2.91. The van der Waals surface area contributed by atoms with Crippen LogP contribution in [0.3, 0.4) is 0 Å². The molecule has 3 rings (SSSR count). The number of aromatic amines is 1. The summed E-state index contributed by atoms with van der Waals surface area (Å²) in [7, 11) is 0. The molecule has 26 heavy (non-hydrogen) atoms. The number of hydrogen-bond acceptors (Lipinski definition) is 6. The van der Waals surface area contributed by atoms with Gasteiger partial charge in [-0.25, -0.2) is 9.59 Å². The second-order valence-corrected chi connectivity index (χ2v) is 6.58. The maximum atomic E-state index is 12.0. The molecule has 2 N–H and O–H groups in total. The Morgan fingerprint density at radius 2 is 2.08 bits per heavy atom. The maximum absolute atomic E-state index is 12.0. The largest absolute Gasteiger partial charge is 0.459 e. The van der Waals surface area contributed by atoms with E-state index in [1.165, 1.54) is 10.8 Å². The zero-order chi connectivity index (χ0) is 18.9. The van der Waals surface area contributed by atoms with Gasteiger partial charge >= 0.3 is 11.7 Å². The van der Waals surface area contributed by atoms with Crippen LogP contribution in [0.15, 0.2) is 46.1 Å². The number of carbonyl (C=O) groups is 1. The Labute approximate surface area is 149 Å². The standard InChI is InChI=1S/C18H20N2O6/c1-11-9-20(17(23)19-15(11)21)14-8-18(2,24)13(26-14)10-25-16(22)12-6-4-3-5-7-12/h3-7,9,13-14,24H,8,10H2,1-2H3,(H,19,21,23)/t13-,14+,18+/m1/s1. The number of H-pyrrole nitrogens is 1. The van der Waals surface area contributed by atoms with Gasteiger partial charge in [0.1, 0.15) is 18.9 Å². The lowest BCUT2D eigenvalue weighted by molar-refractivity contribution is -0.0799. The van der Waals surface area contributed by atoms with Crippen molar-refractivity contribution in [3.05, 3.63) is 68.5 Å². The minimum absolute atomic E-state index is 0.117. The highest BCUT2D eigenvalue weighted by molar-refractivity contribution is 5.89. The summed E-state index contributed by atoms with van der Waals surface area (Å²) in [5.74, 6) is -0.523. The molecule has 1 aliphatic heterocycles. The normalized spacial score (nSPS) is 25.2. The molecule has 2 heterocycles. The molecular formula is C18H20N2O6. The van der Waals surface area contributed by atoms with Crippen molar-refractivity contribution in [2.45, 2.75) is 38.2 Å². The lowest BCUT2D eigenvalue weighted by atomic mass is 9.98. The van der Waals surface area contributed by atoms with Crippen LogP contribution in [0.1, 0.15) is 35.5 Å². The Hall–Kier alpha value is -2.71. The van der Waals surface area contributed by atoms with Gasteiger partial charge in [0.2, 0.25) is 0 Å². The number of hydrogen-bond donors (Lipinski definition) is 2. The Bertz CT molecular complexity index is 915. The van der Waals surface area contributed by atoms with Crippen molar-refractivity contribution in [3.63, 3.8) is 0 Å². The quantitative estimate of drug-likeness (QED) is 0.778. The summed E-state index contributed by atoms with van der Waals surface area (Å²) in [5.41, 5.74) is -1.64. The lowest BCUT2D eigenvalue weighted by Gasteiger charge is -2.22. The lowest BCUT2D eigenvalue weighted by Crippen LogP contribution is -2.38. The molecule has 1 aliphatic rings. The molecule has 0 radical (unpaired) electrons. The highest BCUT2D eigenvalue weighted by Gasteiger charge is 2.45. The summed E-state index contributed by atoms with van der Waals surface area (Å²) < 4.78 is 12.2. The van der Waals surface area contributed by atoms with E-state index in [0.29, 0.717) is 11.1 Å². The fourth-order valence-corrected chi connectivity index (χ4v) is 2.86. The van der Waals surface area contributed by atoms with Crippen molar-refractivity contribution in [1.29, 1.82) is 0 Å². The maximum Gasteiger partial charge on any atom is 0.338 e. The van der Waals surface area contributed by atoms with E-state index in [-0.39, 0.29) is 13.0 Å². The van der Waals surface area contributed by atoms with Crippen LogP contribution in [-0.4, -0.2) is 38.9 Å². The topological polar surface area (TPSA) is 111 Å². The Morgan fingerprint density at radius 3 is 2.77 bits per heavy atom. The smallest absolute Gasteiger partial charge is 0.338 e. The summed E-state index contributed by atoms with van der Waals surface area (Å²) in [4.78, 5) is 37.8. The third kappa shape index (κ3) is 3.61. The highest BCUT2D eigenvalue weighted by atomic mass is 16.6. The number of nitrogens with zero attached hydrogens (tertiary/aromatic N) is 1. The zero-order valence-corrected chi connectivity index (χ0v) is 14.5. The first-order valence-corrected chi connectivity index (χ1v) is 8.20. The highest BCUT2D eigenvalue weighted by Crippen LogP contribution is 2.36. The van der Waals surface area contributed by atoms with E-state index < -0.39 is 35.2 Å². The van der Waals surface area contributed by atoms with Gasteiger partial charge in [-0.2, -0.15) is 0 Å². The fraction of sp³-hybridized carbons (Fsp3) is 0.389. The first kappa shape index (κ1) is 18.1. The molecule has 3 atom stereocenters. The minimum atomic E-state index is -1.30. The van der Waals surface area contributed by atoms with E-state index in [4.69, 9.17) is 9.47 Å². The van der Waals surface area contributed by atoms with Crippen molar-refractivity contribution in [2.24, 2.45) is 0 Å². The second-order valence-electron chi connectivity index (χ2n) is 6.58. The van der Waals surface area contributed by atoms with Crippen molar-refractivity contribution in [3.8, 4) is 0 Å². The van der Waals surface area contributed by atoms with Crippen LogP contribution in [0.4, 0.5) is 0 Å². The zero-order valence-electron chi connectivity index (χ0n) is 14.5. The Balaban J connectivity index is 1.72. The first-order chi connectivity index (χ1) is 12.3. The third-order valence-corrected chi connectivity index (χ3v) is 4.43. The number of esters is 1. The van der Waals surface area contributed by atoms with Gasteiger partial charge in [0, 0.05) is 18.2 Å². The SMILES string of the molecule is Cc1cn([C@@H]2C[C@](C)(O)[C@@H](COC(=O)c3ccccc3)O2)c(=O)[nH]c1=O. The fourth-order valence-electron chi connectivity index (χ4n) is 2.86. The van der Waals surface area contributed by atoms with Crippen LogP contribution in [0.5, 0.6) is 0 Å². The van der Waals surface area contributed by atoms with E-state index >= 15 is 0 Å². The van der Waals surface area contributed by atoms with Crippen LogP contribution in [0, 0.1) is 6.92 Å². The number of aromatic nitrogens is 2. The predicted octanol–water partition coefficient (Wildman–Crippen LogP) is 0.741. The van der Waals surface area contributed by atoms with Gasteiger partial charge in [0.15, 0.2) is 0 Å². The van der Waals surface area contributed by atoms with Crippen LogP contribution < -0.4 is 11.2 Å². The van der Waals surface area contributed by atoms with Crippen molar-refractivity contribution >= 4 is 5.97 Å². The molecule has 1 saturated heterocycles. The molecule has 8 nitrogen and oxygen atoms in total. The molecular weight excluding hydrogens is 340 g/mol. The van der Waals surface area contributed by atoms with E-state index in [1.807, 2.05) is 0 Å². The van der Waals surface area contributed by atoms with E-state index in [2.05, 4.69) is 4.98 Å². The summed E-state index contributed by atoms with van der Waals surface area (Å²) in [6.45, 7) is 2.97. The number of ether oxygens (including phenoxy) is 2. The number of aryl methyl sites for hydroxylation is 1. The van der Waals surface area contributed by atoms with E-state index in [0.717, 1.165) is 0 Å². The predicted molar refractivity (Wildman–Crippen MR) is 91.9 cm³/mol. The molecule has 0 bridgehead atoms. The van der Waals surface area contributed by atoms with Crippen LogP contribution in [-0.2, 0) is 9.47 Å². The number of benzene rings is 1. The van der Waals surface area contributed by atoms with Crippen molar-refractivity contribution < 1.29 is 19.4 Å². The molecule has 0 unspecified atom stereocenters. The number of aliphatic hydroxyl groups is 1. The third-order valence-electron chi connectivity index (χ3n) is 4.43. The molecule has 0 spiro atoms. The average molecular weight is 360 g/mol. The second kappa shape index (κ2) is 6.89. The molecule has 0 aliphatic carbocycles. The Morgan fingerprint density at radius 1 is 1.38 bits per heavy atom. The van der Waals surface area contributed by atoms with E-state index in [1.54, 1.807) is 44.2 Å². The summed E-state index contributed by atoms with van der Waals surface area (Å²) >= 11 is 0. The molecule has 1 aromatic heterocycles. The summed E-state index contributed by atoms with van der Waals surface area (Å²) in [6.07, 6.45) is -0.0700. The molecule has 2 aromatic rings. The molecule has 0 saturated carbocycles. The van der Waals surface area contributed by atoms with Crippen molar-refractivity contribution in [1.82, 2.24) is 9.55 Å². The van der Waals surface area contributed by atoms with Crippen LogP contribution in [0.2, 0.25) is 0 Å². The van der Waals surface area contributed by atoms with E-state index in [9.17, 15) is 19.5 Å². The van der Waals surface area contributed by atoms with Gasteiger partial charge in [-0.15, -0.1) is 0 Å².